The van der Waals surface area contributed by atoms with Crippen LogP contribution in [0.15, 0.2) is 22.8 Å². The van der Waals surface area contributed by atoms with Gasteiger partial charge in [-0.25, -0.2) is 4.98 Å². The molecule has 1 aromatic heterocycles. The molecule has 2 heterocycles. The van der Waals surface area contributed by atoms with E-state index in [-0.39, 0.29) is 12.0 Å². The molecule has 5 heteroatoms. The maximum atomic E-state index is 12.6. The average molecular weight is 369 g/mol. The number of rotatable bonds is 7. The van der Waals surface area contributed by atoms with E-state index in [0.717, 1.165) is 43.1 Å². The maximum absolute atomic E-state index is 12.6. The summed E-state index contributed by atoms with van der Waals surface area (Å²) in [4.78, 5) is 18.8. The fraction of sp³-hybridized carbons (Fsp3) is 0.647. The van der Waals surface area contributed by atoms with Gasteiger partial charge in [0.15, 0.2) is 0 Å². The minimum absolute atomic E-state index is 0.0570. The Morgan fingerprint density at radius 3 is 2.73 bits per heavy atom. The molecule has 4 nitrogen and oxygen atoms in total. The summed E-state index contributed by atoms with van der Waals surface area (Å²) in [6.45, 7) is 5.76. The summed E-state index contributed by atoms with van der Waals surface area (Å²) in [6.07, 6.45) is 6.77. The lowest BCUT2D eigenvalue weighted by molar-refractivity contribution is -0.135. The van der Waals surface area contributed by atoms with Gasteiger partial charge in [0.25, 0.3) is 0 Å². The fourth-order valence-electron chi connectivity index (χ4n) is 2.97. The molecule has 0 N–H and O–H groups in total. The molecule has 1 unspecified atom stereocenters. The van der Waals surface area contributed by atoms with E-state index >= 15 is 0 Å². The minimum Gasteiger partial charge on any atom is -0.472 e. The Morgan fingerprint density at radius 2 is 2.14 bits per heavy atom. The van der Waals surface area contributed by atoms with Crippen molar-refractivity contribution in [2.75, 3.05) is 13.1 Å². The predicted molar refractivity (Wildman–Crippen MR) is 90.9 cm³/mol. The number of halogens is 1. The smallest absolute Gasteiger partial charge is 0.225 e. The normalized spacial score (nSPS) is 18.0. The molecule has 1 fully saturated rings. The van der Waals surface area contributed by atoms with Crippen molar-refractivity contribution in [3.8, 4) is 5.88 Å². The van der Waals surface area contributed by atoms with Gasteiger partial charge in [0.05, 0.1) is 6.54 Å². The standard InChI is InChI=1S/C17H25BrN2O2/c1-3-5-13(6-4-2)17(21)20-10-9-15(12-20)22-16-8-7-14(18)11-19-16/h7-8,11,13,15H,3-6,9-10,12H2,1-2H3. The zero-order valence-electron chi connectivity index (χ0n) is 13.4. The Bertz CT molecular complexity index is 472. The molecular formula is C17H25BrN2O2. The first-order chi connectivity index (χ1) is 10.6. The van der Waals surface area contributed by atoms with Gasteiger partial charge in [-0.2, -0.15) is 0 Å². The SMILES string of the molecule is CCCC(CCC)C(=O)N1CCC(Oc2ccc(Br)cn2)C1. The third kappa shape index (κ3) is 4.70. The molecular weight excluding hydrogens is 344 g/mol. The van der Waals surface area contributed by atoms with Gasteiger partial charge in [0.2, 0.25) is 11.8 Å². The molecule has 0 aromatic carbocycles. The van der Waals surface area contributed by atoms with Gasteiger partial charge >= 0.3 is 0 Å². The molecule has 1 aromatic rings. The monoisotopic (exact) mass is 368 g/mol. The van der Waals surface area contributed by atoms with Crippen molar-refractivity contribution in [2.24, 2.45) is 5.92 Å². The molecule has 0 spiro atoms. The molecule has 1 atom stereocenters. The van der Waals surface area contributed by atoms with Crippen molar-refractivity contribution in [3.63, 3.8) is 0 Å². The molecule has 1 aliphatic rings. The molecule has 122 valence electrons. The molecule has 1 amide bonds. The summed E-state index contributed by atoms with van der Waals surface area (Å²) in [5, 5.41) is 0. The van der Waals surface area contributed by atoms with Crippen LogP contribution in [0.25, 0.3) is 0 Å². The van der Waals surface area contributed by atoms with Crippen LogP contribution in [-0.4, -0.2) is 35.0 Å². The summed E-state index contributed by atoms with van der Waals surface area (Å²) < 4.78 is 6.82. The van der Waals surface area contributed by atoms with Crippen LogP contribution in [0.1, 0.15) is 46.0 Å². The van der Waals surface area contributed by atoms with Crippen molar-refractivity contribution in [2.45, 2.75) is 52.1 Å². The van der Waals surface area contributed by atoms with Gasteiger partial charge in [0, 0.05) is 35.6 Å². The predicted octanol–water partition coefficient (Wildman–Crippen LogP) is 4.04. The number of amides is 1. The number of nitrogens with zero attached hydrogens (tertiary/aromatic N) is 2. The molecule has 1 aliphatic heterocycles. The first-order valence-corrected chi connectivity index (χ1v) is 9.00. The zero-order valence-corrected chi connectivity index (χ0v) is 15.0. The average Bonchev–Trinajstić information content (AvgIpc) is 2.97. The lowest BCUT2D eigenvalue weighted by atomic mass is 9.97. The van der Waals surface area contributed by atoms with Crippen LogP contribution in [0.3, 0.4) is 0 Å². The highest BCUT2D eigenvalue weighted by molar-refractivity contribution is 9.10. The van der Waals surface area contributed by atoms with E-state index in [1.54, 1.807) is 6.20 Å². The first-order valence-electron chi connectivity index (χ1n) is 8.21. The number of aromatic nitrogens is 1. The Morgan fingerprint density at radius 1 is 1.41 bits per heavy atom. The number of pyridine rings is 1. The molecule has 22 heavy (non-hydrogen) atoms. The van der Waals surface area contributed by atoms with Gasteiger partial charge in [-0.3, -0.25) is 4.79 Å². The Kier molecular flexibility index (Phi) is 6.68. The van der Waals surface area contributed by atoms with E-state index in [1.165, 1.54) is 0 Å². The van der Waals surface area contributed by atoms with E-state index in [9.17, 15) is 4.79 Å². The van der Waals surface area contributed by atoms with Crippen LogP contribution in [0.2, 0.25) is 0 Å². The Labute approximate surface area is 141 Å². The topological polar surface area (TPSA) is 42.4 Å². The van der Waals surface area contributed by atoms with E-state index in [1.807, 2.05) is 17.0 Å². The Hall–Kier alpha value is -1.10. The summed E-state index contributed by atoms with van der Waals surface area (Å²) in [7, 11) is 0. The third-order valence-electron chi connectivity index (χ3n) is 4.07. The van der Waals surface area contributed by atoms with E-state index < -0.39 is 0 Å². The summed E-state index contributed by atoms with van der Waals surface area (Å²) in [5.41, 5.74) is 0. The highest BCUT2D eigenvalue weighted by Crippen LogP contribution is 2.22. The van der Waals surface area contributed by atoms with Crippen LogP contribution < -0.4 is 4.74 Å². The van der Waals surface area contributed by atoms with Gasteiger partial charge in [-0.05, 0) is 34.8 Å². The van der Waals surface area contributed by atoms with Crippen molar-refractivity contribution >= 4 is 21.8 Å². The molecule has 0 saturated carbocycles. The van der Waals surface area contributed by atoms with Crippen LogP contribution in [0.5, 0.6) is 5.88 Å². The van der Waals surface area contributed by atoms with Gasteiger partial charge in [0.1, 0.15) is 6.10 Å². The second-order valence-corrected chi connectivity index (χ2v) is 6.82. The summed E-state index contributed by atoms with van der Waals surface area (Å²) >= 11 is 3.36. The lowest BCUT2D eigenvalue weighted by Crippen LogP contribution is -2.35. The van der Waals surface area contributed by atoms with E-state index in [4.69, 9.17) is 4.74 Å². The number of likely N-dealkylation sites (tertiary alicyclic amines) is 1. The maximum Gasteiger partial charge on any atom is 0.225 e. The summed E-state index contributed by atoms with van der Waals surface area (Å²) in [5.74, 6) is 1.11. The second-order valence-electron chi connectivity index (χ2n) is 5.90. The van der Waals surface area contributed by atoms with Crippen LogP contribution >= 0.6 is 15.9 Å². The van der Waals surface area contributed by atoms with Crippen molar-refractivity contribution < 1.29 is 9.53 Å². The number of hydrogen-bond donors (Lipinski definition) is 0. The van der Waals surface area contributed by atoms with Crippen molar-refractivity contribution in [3.05, 3.63) is 22.8 Å². The van der Waals surface area contributed by atoms with Crippen LogP contribution in [-0.2, 0) is 4.79 Å². The fourth-order valence-corrected chi connectivity index (χ4v) is 3.21. The lowest BCUT2D eigenvalue weighted by Gasteiger charge is -2.23. The quantitative estimate of drug-likeness (QED) is 0.729. The highest BCUT2D eigenvalue weighted by Gasteiger charge is 2.31. The first kappa shape index (κ1) is 17.3. The summed E-state index contributed by atoms with van der Waals surface area (Å²) in [6, 6.07) is 3.77. The second kappa shape index (κ2) is 8.51. The molecule has 1 saturated heterocycles. The van der Waals surface area contributed by atoms with Gasteiger partial charge < -0.3 is 9.64 Å². The Balaban J connectivity index is 1.88. The minimum atomic E-state index is 0.0570. The molecule has 0 bridgehead atoms. The van der Waals surface area contributed by atoms with E-state index in [0.29, 0.717) is 18.3 Å². The molecule has 2 rings (SSSR count). The molecule has 0 radical (unpaired) electrons. The van der Waals surface area contributed by atoms with Crippen molar-refractivity contribution in [1.82, 2.24) is 9.88 Å². The largest absolute Gasteiger partial charge is 0.472 e. The number of carbonyl (C=O) groups is 1. The van der Waals surface area contributed by atoms with Gasteiger partial charge in [-0.1, -0.05) is 26.7 Å². The van der Waals surface area contributed by atoms with Crippen LogP contribution in [0, 0.1) is 5.92 Å². The van der Waals surface area contributed by atoms with Gasteiger partial charge in [-0.15, -0.1) is 0 Å². The molecule has 0 aliphatic carbocycles. The van der Waals surface area contributed by atoms with Crippen LogP contribution in [0.4, 0.5) is 0 Å². The van der Waals surface area contributed by atoms with Crippen molar-refractivity contribution in [1.29, 1.82) is 0 Å². The number of ether oxygens (including phenoxy) is 1. The highest BCUT2D eigenvalue weighted by atomic mass is 79.9. The zero-order chi connectivity index (χ0) is 15.9. The third-order valence-corrected chi connectivity index (χ3v) is 4.54. The number of carbonyl (C=O) groups excluding carboxylic acids is 1. The number of hydrogen-bond acceptors (Lipinski definition) is 3. The van der Waals surface area contributed by atoms with E-state index in [2.05, 4.69) is 34.8 Å².